The van der Waals surface area contributed by atoms with E-state index in [2.05, 4.69) is 0 Å². The van der Waals surface area contributed by atoms with Crippen molar-refractivity contribution in [2.45, 2.75) is 0 Å². The Labute approximate surface area is 98.0 Å². The van der Waals surface area contributed by atoms with E-state index < -0.39 is 11.8 Å². The van der Waals surface area contributed by atoms with Crippen molar-refractivity contribution in [2.75, 3.05) is 14.2 Å². The number of carboxylic acid groups (broad SMARTS) is 1. The molecule has 0 aliphatic rings. The summed E-state index contributed by atoms with van der Waals surface area (Å²) in [5, 5.41) is 8.35. The third-order valence-electron chi connectivity index (χ3n) is 1.93. The first-order valence-corrected chi connectivity index (χ1v) is 4.59. The van der Waals surface area contributed by atoms with Gasteiger partial charge in [-0.3, -0.25) is 4.79 Å². The van der Waals surface area contributed by atoms with Gasteiger partial charge in [0, 0.05) is 5.92 Å². The minimum Gasteiger partial charge on any atom is -0.497 e. The van der Waals surface area contributed by atoms with Gasteiger partial charge in [-0.15, -0.1) is 0 Å². The number of ketones is 1. The number of methoxy groups -OCH3 is 2. The highest BCUT2D eigenvalue weighted by Gasteiger charge is 2.11. The van der Waals surface area contributed by atoms with Crippen LogP contribution in [0.1, 0.15) is 10.4 Å². The maximum atomic E-state index is 11.6. The second-order valence-corrected chi connectivity index (χ2v) is 2.95. The molecule has 1 aromatic rings. The van der Waals surface area contributed by atoms with Gasteiger partial charge in [0.2, 0.25) is 5.78 Å². The third kappa shape index (κ3) is 3.24. The first-order chi connectivity index (χ1) is 8.08. The van der Waals surface area contributed by atoms with Crippen molar-refractivity contribution < 1.29 is 24.2 Å². The van der Waals surface area contributed by atoms with Gasteiger partial charge in [-0.25, -0.2) is 4.79 Å². The topological polar surface area (TPSA) is 72.8 Å². The molecule has 17 heavy (non-hydrogen) atoms. The molecule has 0 spiro atoms. The molecule has 1 rings (SSSR count). The van der Waals surface area contributed by atoms with E-state index in [0.717, 1.165) is 0 Å². The van der Waals surface area contributed by atoms with Gasteiger partial charge in [-0.1, -0.05) is 0 Å². The monoisotopic (exact) mass is 234 g/mol. The molecule has 88 valence electrons. The van der Waals surface area contributed by atoms with E-state index in [1.807, 2.05) is 5.92 Å². The van der Waals surface area contributed by atoms with Gasteiger partial charge >= 0.3 is 5.97 Å². The Hall–Kier alpha value is -2.48. The Bertz CT molecular complexity index is 507. The van der Waals surface area contributed by atoms with E-state index in [1.165, 1.54) is 20.3 Å². The Kier molecular flexibility index (Phi) is 4.12. The Balaban J connectivity index is 3.15. The minimum absolute atomic E-state index is 0.167. The van der Waals surface area contributed by atoms with Gasteiger partial charge in [0.05, 0.1) is 19.8 Å². The van der Waals surface area contributed by atoms with Crippen LogP contribution < -0.4 is 9.47 Å². The predicted octanol–water partition coefficient (Wildman–Crippen LogP) is 0.974. The molecule has 0 aliphatic heterocycles. The molecule has 1 aromatic carbocycles. The van der Waals surface area contributed by atoms with E-state index >= 15 is 0 Å². The Morgan fingerprint density at radius 1 is 1.18 bits per heavy atom. The van der Waals surface area contributed by atoms with Crippen LogP contribution in [0.25, 0.3) is 0 Å². The Morgan fingerprint density at radius 2 is 1.88 bits per heavy atom. The number of carbonyl (C=O) groups excluding carboxylic acids is 1. The smallest absolute Gasteiger partial charge is 0.382 e. The average molecular weight is 234 g/mol. The maximum Gasteiger partial charge on any atom is 0.382 e. The maximum absolute atomic E-state index is 11.6. The summed E-state index contributed by atoms with van der Waals surface area (Å²) in [6, 6.07) is 4.62. The van der Waals surface area contributed by atoms with Crippen LogP contribution in [-0.2, 0) is 4.79 Å². The highest BCUT2D eigenvalue weighted by Crippen LogP contribution is 2.24. The number of aliphatic carboxylic acids is 1. The summed E-state index contributed by atoms with van der Waals surface area (Å²) in [5.41, 5.74) is 0.167. The SMILES string of the molecule is COc1ccc(OC)c(C(=O)C#CC(=O)O)c1. The zero-order chi connectivity index (χ0) is 12.8. The minimum atomic E-state index is -1.36. The molecule has 0 aliphatic carbocycles. The van der Waals surface area contributed by atoms with Gasteiger partial charge < -0.3 is 14.6 Å². The summed E-state index contributed by atoms with van der Waals surface area (Å²) in [4.78, 5) is 21.9. The van der Waals surface area contributed by atoms with Crippen molar-refractivity contribution >= 4 is 11.8 Å². The standard InChI is InChI=1S/C12H10O5/c1-16-8-3-5-11(17-2)9(7-8)10(13)4-6-12(14)15/h3,5,7H,1-2H3,(H,14,15). The van der Waals surface area contributed by atoms with Crippen LogP contribution in [0.5, 0.6) is 11.5 Å². The summed E-state index contributed by atoms with van der Waals surface area (Å²) < 4.78 is 9.94. The van der Waals surface area contributed by atoms with Crippen LogP contribution in [0, 0.1) is 11.8 Å². The van der Waals surface area contributed by atoms with Gasteiger partial charge in [-0.05, 0) is 24.1 Å². The Morgan fingerprint density at radius 3 is 2.41 bits per heavy atom. The fraction of sp³-hybridized carbons (Fsp3) is 0.167. The van der Waals surface area contributed by atoms with Crippen molar-refractivity contribution in [1.82, 2.24) is 0 Å². The lowest BCUT2D eigenvalue weighted by Gasteiger charge is -2.06. The largest absolute Gasteiger partial charge is 0.497 e. The first kappa shape index (κ1) is 12.6. The van der Waals surface area contributed by atoms with E-state index in [9.17, 15) is 9.59 Å². The summed E-state index contributed by atoms with van der Waals surface area (Å²) in [5.74, 6) is 2.54. The molecule has 0 saturated carbocycles. The molecular formula is C12H10O5. The van der Waals surface area contributed by atoms with Crippen molar-refractivity contribution in [1.29, 1.82) is 0 Å². The lowest BCUT2D eigenvalue weighted by molar-refractivity contribution is -0.130. The molecule has 1 N–H and O–H groups in total. The lowest BCUT2D eigenvalue weighted by Crippen LogP contribution is -2.01. The number of rotatable bonds is 3. The molecule has 0 heterocycles. The van der Waals surface area contributed by atoms with Gasteiger partial charge in [0.25, 0.3) is 0 Å². The number of Topliss-reactive ketones (excluding diaryl/α,β-unsaturated/α-hetero) is 1. The van der Waals surface area contributed by atoms with Crippen molar-refractivity contribution in [2.24, 2.45) is 0 Å². The molecule has 0 unspecified atom stereocenters. The molecule has 0 radical (unpaired) electrons. The van der Waals surface area contributed by atoms with E-state index in [1.54, 1.807) is 18.1 Å². The summed E-state index contributed by atoms with van der Waals surface area (Å²) >= 11 is 0. The third-order valence-corrected chi connectivity index (χ3v) is 1.93. The molecule has 5 heteroatoms. The quantitative estimate of drug-likeness (QED) is 0.479. The first-order valence-electron chi connectivity index (χ1n) is 4.59. The fourth-order valence-electron chi connectivity index (χ4n) is 1.17. The number of carboxylic acids is 1. The van der Waals surface area contributed by atoms with Gasteiger partial charge in [-0.2, -0.15) is 0 Å². The van der Waals surface area contributed by atoms with Crippen molar-refractivity contribution in [3.05, 3.63) is 23.8 Å². The van der Waals surface area contributed by atoms with E-state index in [4.69, 9.17) is 14.6 Å². The molecule has 0 bridgehead atoms. The number of benzene rings is 1. The highest BCUT2D eigenvalue weighted by atomic mass is 16.5. The van der Waals surface area contributed by atoms with Crippen LogP contribution in [0.4, 0.5) is 0 Å². The van der Waals surface area contributed by atoms with E-state index in [-0.39, 0.29) is 5.56 Å². The fourth-order valence-corrected chi connectivity index (χ4v) is 1.17. The number of hydrogen-bond acceptors (Lipinski definition) is 4. The number of carbonyl (C=O) groups is 2. The molecule has 0 fully saturated rings. The molecule has 0 atom stereocenters. The second-order valence-electron chi connectivity index (χ2n) is 2.95. The van der Waals surface area contributed by atoms with Gasteiger partial charge in [0.1, 0.15) is 11.5 Å². The zero-order valence-corrected chi connectivity index (χ0v) is 9.31. The van der Waals surface area contributed by atoms with Crippen molar-refractivity contribution in [3.63, 3.8) is 0 Å². The highest BCUT2D eigenvalue weighted by molar-refractivity contribution is 6.13. The summed E-state index contributed by atoms with van der Waals surface area (Å²) in [7, 11) is 2.86. The zero-order valence-electron chi connectivity index (χ0n) is 9.31. The summed E-state index contributed by atoms with van der Waals surface area (Å²) in [6.07, 6.45) is 0. The number of hydrogen-bond donors (Lipinski definition) is 1. The number of ether oxygens (including phenoxy) is 2. The van der Waals surface area contributed by atoms with Crippen LogP contribution in [0.15, 0.2) is 18.2 Å². The molecule has 5 nitrogen and oxygen atoms in total. The van der Waals surface area contributed by atoms with Crippen molar-refractivity contribution in [3.8, 4) is 23.3 Å². The van der Waals surface area contributed by atoms with Gasteiger partial charge in [0.15, 0.2) is 0 Å². The predicted molar refractivity (Wildman–Crippen MR) is 59.3 cm³/mol. The molecule has 0 saturated heterocycles. The lowest BCUT2D eigenvalue weighted by atomic mass is 10.1. The van der Waals surface area contributed by atoms with E-state index in [0.29, 0.717) is 11.5 Å². The normalized spacial score (nSPS) is 8.82. The van der Waals surface area contributed by atoms with Crippen LogP contribution in [0.2, 0.25) is 0 Å². The van der Waals surface area contributed by atoms with Crippen LogP contribution >= 0.6 is 0 Å². The van der Waals surface area contributed by atoms with Crippen LogP contribution in [-0.4, -0.2) is 31.1 Å². The second kappa shape index (κ2) is 5.56. The average Bonchev–Trinajstić information content (AvgIpc) is 2.34. The molecular weight excluding hydrogens is 224 g/mol. The molecule has 0 aromatic heterocycles. The van der Waals surface area contributed by atoms with Crippen LogP contribution in [0.3, 0.4) is 0 Å². The summed E-state index contributed by atoms with van der Waals surface area (Å²) in [6.45, 7) is 0. The molecule has 0 amide bonds.